The lowest BCUT2D eigenvalue weighted by molar-refractivity contribution is -0.0139. The molecule has 1 heterocycles. The van der Waals surface area contributed by atoms with Crippen LogP contribution in [0.5, 0.6) is 0 Å². The molecule has 4 nitrogen and oxygen atoms in total. The monoisotopic (exact) mass is 249 g/mol. The average Bonchev–Trinajstić information content (AvgIpc) is 2.53. The summed E-state index contributed by atoms with van der Waals surface area (Å²) in [6.45, 7) is 7.14. The number of rotatable bonds is 6. The quantitative estimate of drug-likeness (QED) is 0.713. The fraction of sp³-hybridized carbons (Fsp3) is 1.00. The molecule has 0 saturated carbocycles. The molecule has 0 radical (unpaired) electrons. The van der Waals surface area contributed by atoms with Crippen LogP contribution >= 0.6 is 0 Å². The Bertz CT molecular complexity index is 311. The Labute approximate surface area is 98.7 Å². The summed E-state index contributed by atoms with van der Waals surface area (Å²) in [4.78, 5) is 0. The van der Waals surface area contributed by atoms with Crippen LogP contribution < -0.4 is 5.32 Å². The zero-order valence-corrected chi connectivity index (χ0v) is 11.3. The van der Waals surface area contributed by atoms with Crippen molar-refractivity contribution in [2.24, 2.45) is 0 Å². The first kappa shape index (κ1) is 13.9. The maximum Gasteiger partial charge on any atom is 0.151 e. The number of hydrogen-bond donors (Lipinski definition) is 1. The van der Waals surface area contributed by atoms with E-state index in [0.717, 1.165) is 19.4 Å². The summed E-state index contributed by atoms with van der Waals surface area (Å²) in [5.74, 6) is 0.446. The molecule has 0 aromatic rings. The van der Waals surface area contributed by atoms with Gasteiger partial charge in [0.1, 0.15) is 0 Å². The van der Waals surface area contributed by atoms with Crippen LogP contribution in [-0.4, -0.2) is 44.7 Å². The molecule has 96 valence electrons. The Kier molecular flexibility index (Phi) is 4.76. The summed E-state index contributed by atoms with van der Waals surface area (Å²) < 4.78 is 28.2. The van der Waals surface area contributed by atoms with Gasteiger partial charge in [-0.2, -0.15) is 0 Å². The van der Waals surface area contributed by atoms with E-state index in [-0.39, 0.29) is 23.2 Å². The van der Waals surface area contributed by atoms with Crippen LogP contribution in [0.15, 0.2) is 0 Å². The first-order valence-electron chi connectivity index (χ1n) is 5.93. The molecule has 1 fully saturated rings. The molecule has 5 heteroatoms. The second-order valence-corrected chi connectivity index (χ2v) is 7.45. The molecule has 16 heavy (non-hydrogen) atoms. The third-order valence-corrected chi connectivity index (χ3v) is 4.66. The maximum atomic E-state index is 11.2. The highest BCUT2D eigenvalue weighted by Crippen LogP contribution is 2.28. The van der Waals surface area contributed by atoms with Crippen LogP contribution in [0.2, 0.25) is 0 Å². The number of nitrogens with one attached hydrogen (secondary N) is 1. The van der Waals surface area contributed by atoms with E-state index in [1.807, 2.05) is 0 Å². The lowest BCUT2D eigenvalue weighted by Crippen LogP contribution is -2.32. The number of sulfone groups is 1. The first-order valence-corrected chi connectivity index (χ1v) is 7.76. The Hall–Kier alpha value is -0.130. The molecule has 0 aromatic heterocycles. The molecule has 0 aliphatic carbocycles. The smallest absolute Gasteiger partial charge is 0.151 e. The van der Waals surface area contributed by atoms with Crippen molar-refractivity contribution < 1.29 is 13.2 Å². The van der Waals surface area contributed by atoms with Crippen molar-refractivity contribution >= 4 is 9.84 Å². The van der Waals surface area contributed by atoms with Gasteiger partial charge in [0.05, 0.1) is 17.5 Å². The van der Waals surface area contributed by atoms with E-state index in [9.17, 15) is 8.42 Å². The van der Waals surface area contributed by atoms with Crippen LogP contribution in [0, 0.1) is 0 Å². The molecule has 1 unspecified atom stereocenters. The van der Waals surface area contributed by atoms with Gasteiger partial charge >= 0.3 is 0 Å². The minimum atomic E-state index is -2.84. The van der Waals surface area contributed by atoms with Gasteiger partial charge in [-0.25, -0.2) is 8.42 Å². The zero-order chi connectivity index (χ0) is 12.2. The summed E-state index contributed by atoms with van der Waals surface area (Å²) in [6.07, 6.45) is 2.37. The van der Waals surface area contributed by atoms with Gasteiger partial charge in [-0.3, -0.25) is 0 Å². The molecule has 1 atom stereocenters. The molecular weight excluding hydrogens is 226 g/mol. The topological polar surface area (TPSA) is 55.4 Å². The van der Waals surface area contributed by atoms with E-state index in [2.05, 4.69) is 19.2 Å². The Balaban J connectivity index is 2.13. The molecule has 1 N–H and O–H groups in total. The minimum Gasteiger partial charge on any atom is -0.371 e. The second kappa shape index (κ2) is 5.47. The Morgan fingerprint density at radius 3 is 2.62 bits per heavy atom. The van der Waals surface area contributed by atoms with Crippen molar-refractivity contribution in [1.29, 1.82) is 0 Å². The van der Waals surface area contributed by atoms with Crippen LogP contribution in [-0.2, 0) is 14.6 Å². The Morgan fingerprint density at radius 1 is 1.44 bits per heavy atom. The van der Waals surface area contributed by atoms with E-state index in [4.69, 9.17) is 4.74 Å². The highest BCUT2D eigenvalue weighted by Gasteiger charge is 2.31. The van der Waals surface area contributed by atoms with Crippen LogP contribution in [0.25, 0.3) is 0 Å². The Morgan fingerprint density at radius 2 is 2.12 bits per heavy atom. The van der Waals surface area contributed by atoms with E-state index in [0.29, 0.717) is 6.54 Å². The number of hydrogen-bond acceptors (Lipinski definition) is 4. The fourth-order valence-electron chi connectivity index (χ4n) is 1.86. The normalized spacial score (nSPS) is 24.8. The van der Waals surface area contributed by atoms with E-state index in [1.165, 1.54) is 0 Å². The summed E-state index contributed by atoms with van der Waals surface area (Å²) in [5.41, 5.74) is -0.0121. The van der Waals surface area contributed by atoms with Crippen LogP contribution in [0.1, 0.15) is 33.6 Å². The average molecular weight is 249 g/mol. The molecule has 1 aliphatic heterocycles. The van der Waals surface area contributed by atoms with Crippen LogP contribution in [0.4, 0.5) is 0 Å². The van der Waals surface area contributed by atoms with Gasteiger partial charge in [-0.05, 0) is 26.7 Å². The summed E-state index contributed by atoms with van der Waals surface area (Å²) in [5, 5.41) is 3.15. The molecule has 1 rings (SSSR count). The third-order valence-electron chi connectivity index (χ3n) is 2.96. The molecule has 0 bridgehead atoms. The fourth-order valence-corrected chi connectivity index (χ4v) is 2.60. The van der Waals surface area contributed by atoms with Crippen molar-refractivity contribution in [3.05, 3.63) is 0 Å². The van der Waals surface area contributed by atoms with Gasteiger partial charge in [0.25, 0.3) is 0 Å². The van der Waals surface area contributed by atoms with Crippen molar-refractivity contribution in [3.63, 3.8) is 0 Å². The lowest BCUT2D eigenvalue weighted by atomic mass is 10.1. The summed E-state index contributed by atoms with van der Waals surface area (Å²) >= 11 is 0. The van der Waals surface area contributed by atoms with Gasteiger partial charge < -0.3 is 10.1 Å². The molecule has 1 saturated heterocycles. The minimum absolute atomic E-state index is 0.0121. The van der Waals surface area contributed by atoms with Crippen molar-refractivity contribution in [3.8, 4) is 0 Å². The van der Waals surface area contributed by atoms with Gasteiger partial charge in [-0.1, -0.05) is 6.92 Å². The number of ether oxygens (including phenoxy) is 1. The largest absolute Gasteiger partial charge is 0.371 e. The van der Waals surface area contributed by atoms with E-state index in [1.54, 1.807) is 6.92 Å². The van der Waals surface area contributed by atoms with E-state index >= 15 is 0 Å². The highest BCUT2D eigenvalue weighted by atomic mass is 32.2. The lowest BCUT2D eigenvalue weighted by Gasteiger charge is -2.19. The summed E-state index contributed by atoms with van der Waals surface area (Å²) in [6, 6.07) is 0. The van der Waals surface area contributed by atoms with Crippen molar-refractivity contribution in [2.75, 3.05) is 24.6 Å². The maximum absolute atomic E-state index is 11.2. The molecular formula is C11H23NO3S. The SMILES string of the molecule is CCS(=O)(=O)CCNCC1CCC(C)(C)O1. The highest BCUT2D eigenvalue weighted by molar-refractivity contribution is 7.91. The first-order chi connectivity index (χ1) is 7.35. The standard InChI is InChI=1S/C11H23NO3S/c1-4-16(13,14)8-7-12-9-10-5-6-11(2,3)15-10/h10,12H,4-9H2,1-3H3. The molecule has 0 amide bonds. The predicted molar refractivity (Wildman–Crippen MR) is 65.4 cm³/mol. The van der Waals surface area contributed by atoms with Crippen molar-refractivity contribution in [1.82, 2.24) is 5.32 Å². The zero-order valence-electron chi connectivity index (χ0n) is 10.5. The molecule has 0 spiro atoms. The van der Waals surface area contributed by atoms with Gasteiger partial charge in [0.2, 0.25) is 0 Å². The predicted octanol–water partition coefficient (Wildman–Crippen LogP) is 0.968. The van der Waals surface area contributed by atoms with Crippen LogP contribution in [0.3, 0.4) is 0 Å². The second-order valence-electron chi connectivity index (χ2n) is 4.98. The third kappa shape index (κ3) is 4.80. The molecule has 0 aromatic carbocycles. The van der Waals surface area contributed by atoms with E-state index < -0.39 is 9.84 Å². The summed E-state index contributed by atoms with van der Waals surface area (Å²) in [7, 11) is -2.84. The van der Waals surface area contributed by atoms with Gasteiger partial charge in [0, 0.05) is 18.8 Å². The molecule has 1 aliphatic rings. The van der Waals surface area contributed by atoms with Gasteiger partial charge in [-0.15, -0.1) is 0 Å². The van der Waals surface area contributed by atoms with Crippen molar-refractivity contribution in [2.45, 2.75) is 45.3 Å². The van der Waals surface area contributed by atoms with Gasteiger partial charge in [0.15, 0.2) is 9.84 Å².